The number of nitrogens with zero attached hydrogens (tertiary/aromatic N) is 1. The Morgan fingerprint density at radius 2 is 2.21 bits per heavy atom. The van der Waals surface area contributed by atoms with Gasteiger partial charge in [0.1, 0.15) is 5.69 Å². The Hall–Kier alpha value is -2.10. The lowest BCUT2D eigenvalue weighted by Crippen LogP contribution is -2.02. The van der Waals surface area contributed by atoms with Crippen LogP contribution in [0, 0.1) is 0 Å². The second-order valence-electron chi connectivity index (χ2n) is 2.78. The van der Waals surface area contributed by atoms with Crippen LogP contribution < -0.4 is 5.73 Å². The number of nitrogen functional groups attached to an aromatic ring is 1. The number of furan rings is 1. The topological polar surface area (TPSA) is 69.1 Å². The van der Waals surface area contributed by atoms with Crippen LogP contribution in [0.4, 0.5) is 5.69 Å². The molecule has 0 saturated heterocycles. The Kier molecular flexibility index (Phi) is 2.02. The van der Waals surface area contributed by atoms with Crippen molar-refractivity contribution in [2.45, 2.75) is 0 Å². The van der Waals surface area contributed by atoms with Crippen molar-refractivity contribution in [3.8, 4) is 0 Å². The van der Waals surface area contributed by atoms with E-state index in [2.05, 4.69) is 4.98 Å². The van der Waals surface area contributed by atoms with Gasteiger partial charge in [-0.15, -0.1) is 0 Å². The SMILES string of the molecule is Nc1ccc(C(=O)c2ccco2)nc1. The molecule has 0 aliphatic rings. The summed E-state index contributed by atoms with van der Waals surface area (Å²) in [7, 11) is 0. The third kappa shape index (κ3) is 1.50. The van der Waals surface area contributed by atoms with Crippen LogP contribution in [0.5, 0.6) is 0 Å². The Morgan fingerprint density at radius 3 is 2.79 bits per heavy atom. The van der Waals surface area contributed by atoms with Crippen LogP contribution in [0.2, 0.25) is 0 Å². The van der Waals surface area contributed by atoms with Gasteiger partial charge in [0.15, 0.2) is 5.76 Å². The molecule has 2 N–H and O–H groups in total. The van der Waals surface area contributed by atoms with E-state index in [0.717, 1.165) is 0 Å². The third-order valence-electron chi connectivity index (χ3n) is 1.76. The van der Waals surface area contributed by atoms with Crippen molar-refractivity contribution in [1.82, 2.24) is 4.98 Å². The van der Waals surface area contributed by atoms with Gasteiger partial charge in [0.2, 0.25) is 5.78 Å². The van der Waals surface area contributed by atoms with E-state index < -0.39 is 0 Å². The molecule has 2 rings (SSSR count). The van der Waals surface area contributed by atoms with Crippen molar-refractivity contribution < 1.29 is 9.21 Å². The number of carbonyl (C=O) groups is 1. The highest BCUT2D eigenvalue weighted by Gasteiger charge is 2.12. The van der Waals surface area contributed by atoms with E-state index in [9.17, 15) is 4.79 Å². The highest BCUT2D eigenvalue weighted by molar-refractivity contribution is 6.05. The highest BCUT2D eigenvalue weighted by atomic mass is 16.3. The number of anilines is 1. The fourth-order valence-corrected chi connectivity index (χ4v) is 1.07. The fraction of sp³-hybridized carbons (Fsp3) is 0. The second kappa shape index (κ2) is 3.33. The highest BCUT2D eigenvalue weighted by Crippen LogP contribution is 2.09. The van der Waals surface area contributed by atoms with Gasteiger partial charge in [0, 0.05) is 0 Å². The molecule has 0 aliphatic carbocycles. The van der Waals surface area contributed by atoms with Crippen molar-refractivity contribution in [2.75, 3.05) is 5.73 Å². The molecule has 0 aliphatic heterocycles. The number of nitrogens with two attached hydrogens (primary N) is 1. The smallest absolute Gasteiger partial charge is 0.246 e. The van der Waals surface area contributed by atoms with Gasteiger partial charge in [-0.2, -0.15) is 0 Å². The lowest BCUT2D eigenvalue weighted by atomic mass is 10.2. The fourth-order valence-electron chi connectivity index (χ4n) is 1.07. The average molecular weight is 188 g/mol. The summed E-state index contributed by atoms with van der Waals surface area (Å²) in [6.07, 6.45) is 2.89. The molecule has 14 heavy (non-hydrogen) atoms. The van der Waals surface area contributed by atoms with E-state index in [1.165, 1.54) is 12.5 Å². The van der Waals surface area contributed by atoms with Crippen molar-refractivity contribution in [3.05, 3.63) is 48.2 Å². The molecule has 4 heteroatoms. The summed E-state index contributed by atoms with van der Waals surface area (Å²) < 4.78 is 4.96. The average Bonchev–Trinajstić information content (AvgIpc) is 2.71. The van der Waals surface area contributed by atoms with Gasteiger partial charge >= 0.3 is 0 Å². The maximum Gasteiger partial charge on any atom is 0.246 e. The molecule has 0 amide bonds. The molecule has 0 saturated carbocycles. The molecular formula is C10H8N2O2. The monoisotopic (exact) mass is 188 g/mol. The van der Waals surface area contributed by atoms with Crippen LogP contribution in [0.25, 0.3) is 0 Å². The van der Waals surface area contributed by atoms with Crippen LogP contribution >= 0.6 is 0 Å². The number of ketones is 1. The van der Waals surface area contributed by atoms with Gasteiger partial charge in [0.25, 0.3) is 0 Å². The van der Waals surface area contributed by atoms with Crippen molar-refractivity contribution in [3.63, 3.8) is 0 Å². The molecule has 0 unspecified atom stereocenters. The summed E-state index contributed by atoms with van der Waals surface area (Å²) in [5.41, 5.74) is 6.30. The van der Waals surface area contributed by atoms with Crippen LogP contribution in [0.3, 0.4) is 0 Å². The lowest BCUT2D eigenvalue weighted by Gasteiger charge is -1.96. The summed E-state index contributed by atoms with van der Waals surface area (Å²) in [5, 5.41) is 0. The first-order chi connectivity index (χ1) is 6.77. The maximum atomic E-state index is 11.6. The predicted molar refractivity (Wildman–Crippen MR) is 50.8 cm³/mol. The standard InChI is InChI=1S/C10H8N2O2/c11-7-3-4-8(12-6-7)10(13)9-2-1-5-14-9/h1-6H,11H2. The maximum absolute atomic E-state index is 11.6. The van der Waals surface area contributed by atoms with Crippen LogP contribution in [0.15, 0.2) is 41.1 Å². The first-order valence-electron chi connectivity index (χ1n) is 4.07. The number of pyridine rings is 1. The zero-order valence-electron chi connectivity index (χ0n) is 7.31. The molecule has 0 atom stereocenters. The normalized spacial score (nSPS) is 10.0. The Bertz CT molecular complexity index is 432. The minimum absolute atomic E-state index is 0.241. The summed E-state index contributed by atoms with van der Waals surface area (Å²) in [5.74, 6) is 0.0391. The number of hydrogen-bond acceptors (Lipinski definition) is 4. The Morgan fingerprint density at radius 1 is 1.36 bits per heavy atom. The first kappa shape index (κ1) is 8.50. The quantitative estimate of drug-likeness (QED) is 0.725. The molecule has 0 spiro atoms. The van der Waals surface area contributed by atoms with Crippen LogP contribution in [-0.4, -0.2) is 10.8 Å². The summed E-state index contributed by atoms with van der Waals surface area (Å²) >= 11 is 0. The molecule has 0 radical (unpaired) electrons. The van der Waals surface area contributed by atoms with Crippen LogP contribution in [0.1, 0.15) is 16.2 Å². The molecule has 0 fully saturated rings. The van der Waals surface area contributed by atoms with Gasteiger partial charge in [-0.25, -0.2) is 0 Å². The van der Waals surface area contributed by atoms with Gasteiger partial charge in [-0.1, -0.05) is 0 Å². The number of hydrogen-bond donors (Lipinski definition) is 1. The molecular weight excluding hydrogens is 180 g/mol. The Labute approximate surface area is 80.4 Å². The van der Waals surface area contributed by atoms with E-state index in [4.69, 9.17) is 10.2 Å². The number of aromatic nitrogens is 1. The zero-order chi connectivity index (χ0) is 9.97. The van der Waals surface area contributed by atoms with E-state index in [1.54, 1.807) is 24.3 Å². The van der Waals surface area contributed by atoms with E-state index in [0.29, 0.717) is 11.4 Å². The minimum atomic E-state index is -0.241. The predicted octanol–water partition coefficient (Wildman–Crippen LogP) is 1.49. The zero-order valence-corrected chi connectivity index (χ0v) is 7.31. The van der Waals surface area contributed by atoms with Crippen LogP contribution in [-0.2, 0) is 0 Å². The van der Waals surface area contributed by atoms with Crippen molar-refractivity contribution in [2.24, 2.45) is 0 Å². The molecule has 2 heterocycles. The van der Waals surface area contributed by atoms with Gasteiger partial charge < -0.3 is 10.2 Å². The molecule has 0 aromatic carbocycles. The lowest BCUT2D eigenvalue weighted by molar-refractivity contribution is 0.100. The molecule has 2 aromatic heterocycles. The molecule has 2 aromatic rings. The summed E-state index contributed by atoms with van der Waals surface area (Å²) in [6.45, 7) is 0. The largest absolute Gasteiger partial charge is 0.461 e. The van der Waals surface area contributed by atoms with E-state index >= 15 is 0 Å². The summed E-state index contributed by atoms with van der Waals surface area (Å²) in [6, 6.07) is 6.45. The number of carbonyl (C=O) groups excluding carboxylic acids is 1. The second-order valence-corrected chi connectivity index (χ2v) is 2.78. The first-order valence-corrected chi connectivity index (χ1v) is 4.07. The van der Waals surface area contributed by atoms with Crippen molar-refractivity contribution in [1.29, 1.82) is 0 Å². The van der Waals surface area contributed by atoms with Crippen molar-refractivity contribution >= 4 is 11.5 Å². The summed E-state index contributed by atoms with van der Waals surface area (Å²) in [4.78, 5) is 15.5. The molecule has 0 bridgehead atoms. The molecule has 70 valence electrons. The van der Waals surface area contributed by atoms with Gasteiger partial charge in [-0.3, -0.25) is 9.78 Å². The Balaban J connectivity index is 2.33. The third-order valence-corrected chi connectivity index (χ3v) is 1.76. The number of rotatable bonds is 2. The van der Waals surface area contributed by atoms with E-state index in [1.807, 2.05) is 0 Å². The van der Waals surface area contributed by atoms with E-state index in [-0.39, 0.29) is 11.5 Å². The van der Waals surface area contributed by atoms with Gasteiger partial charge in [-0.05, 0) is 24.3 Å². The minimum Gasteiger partial charge on any atom is -0.461 e. The van der Waals surface area contributed by atoms with Gasteiger partial charge in [0.05, 0.1) is 18.1 Å². The molecule has 4 nitrogen and oxygen atoms in total.